The van der Waals surface area contributed by atoms with E-state index in [-0.39, 0.29) is 11.9 Å². The van der Waals surface area contributed by atoms with Gasteiger partial charge in [-0.3, -0.25) is 4.79 Å². The topological polar surface area (TPSA) is 64.4 Å². The second-order valence-corrected chi connectivity index (χ2v) is 5.81. The number of nitrogens with one attached hydrogen (secondary N) is 1. The molecule has 2 aromatic carbocycles. The van der Waals surface area contributed by atoms with E-state index in [9.17, 15) is 4.79 Å². The Hall–Kier alpha value is -1.85. The molecule has 0 saturated heterocycles. The summed E-state index contributed by atoms with van der Waals surface area (Å²) in [5.41, 5.74) is 8.71. The van der Waals surface area contributed by atoms with Gasteiger partial charge >= 0.3 is 0 Å². The summed E-state index contributed by atoms with van der Waals surface area (Å²) in [7, 11) is 0. The van der Waals surface area contributed by atoms with Crippen molar-refractivity contribution in [2.45, 2.75) is 6.04 Å². The second-order valence-electron chi connectivity index (χ2n) is 4.89. The fourth-order valence-corrected chi connectivity index (χ4v) is 2.77. The van der Waals surface area contributed by atoms with E-state index in [2.05, 4.69) is 21.2 Å². The van der Waals surface area contributed by atoms with Crippen LogP contribution in [0, 0.1) is 0 Å². The van der Waals surface area contributed by atoms with E-state index in [4.69, 9.17) is 10.5 Å². The van der Waals surface area contributed by atoms with Crippen molar-refractivity contribution in [1.82, 2.24) is 5.32 Å². The first-order valence-electron chi connectivity index (χ1n) is 6.71. The number of hydrogen-bond donors (Lipinski definition) is 2. The third kappa shape index (κ3) is 2.94. The van der Waals surface area contributed by atoms with Gasteiger partial charge in [-0.15, -0.1) is 0 Å². The number of nitrogens with two attached hydrogens (primary N) is 1. The maximum Gasteiger partial charge on any atom is 0.255 e. The van der Waals surface area contributed by atoms with E-state index >= 15 is 0 Å². The lowest BCUT2D eigenvalue weighted by atomic mass is 9.97. The van der Waals surface area contributed by atoms with Crippen LogP contribution in [0.25, 0.3) is 0 Å². The highest BCUT2D eigenvalue weighted by Gasteiger charge is 2.19. The van der Waals surface area contributed by atoms with E-state index in [1.165, 1.54) is 0 Å². The Morgan fingerprint density at radius 3 is 2.81 bits per heavy atom. The van der Waals surface area contributed by atoms with E-state index in [0.717, 1.165) is 15.6 Å². The molecule has 5 heteroatoms. The van der Waals surface area contributed by atoms with Crippen LogP contribution in [0.2, 0.25) is 0 Å². The summed E-state index contributed by atoms with van der Waals surface area (Å²) in [4.78, 5) is 12.0. The third-order valence-electron chi connectivity index (χ3n) is 3.46. The van der Waals surface area contributed by atoms with Crippen molar-refractivity contribution in [3.8, 4) is 5.75 Å². The first kappa shape index (κ1) is 14.1. The van der Waals surface area contributed by atoms with E-state index in [0.29, 0.717) is 24.5 Å². The number of ether oxygens (including phenoxy) is 1. The molecule has 1 heterocycles. The molecule has 0 saturated carbocycles. The smallest absolute Gasteiger partial charge is 0.255 e. The molecule has 108 valence electrons. The molecule has 0 spiro atoms. The van der Waals surface area contributed by atoms with Gasteiger partial charge in [0.25, 0.3) is 5.91 Å². The van der Waals surface area contributed by atoms with E-state index < -0.39 is 0 Å². The first-order valence-corrected chi connectivity index (χ1v) is 7.50. The molecule has 1 aliphatic rings. The average molecular weight is 347 g/mol. The summed E-state index contributed by atoms with van der Waals surface area (Å²) in [6.45, 7) is 0.996. The minimum Gasteiger partial charge on any atom is -0.491 e. The summed E-state index contributed by atoms with van der Waals surface area (Å²) in [5.74, 6) is 0.487. The van der Waals surface area contributed by atoms with Crippen molar-refractivity contribution in [3.63, 3.8) is 0 Å². The Balaban J connectivity index is 1.98. The lowest BCUT2D eigenvalue weighted by molar-refractivity contribution is 0.0957. The molecule has 3 N–H and O–H groups in total. The summed E-state index contributed by atoms with van der Waals surface area (Å²) in [6, 6.07) is 13.1. The summed E-state index contributed by atoms with van der Waals surface area (Å²) < 4.78 is 6.52. The van der Waals surface area contributed by atoms with Crippen LogP contribution in [0.1, 0.15) is 27.5 Å². The predicted octanol–water partition coefficient (Wildman–Crippen LogP) is 2.62. The molecule has 1 unspecified atom stereocenters. The van der Waals surface area contributed by atoms with Gasteiger partial charge in [0.1, 0.15) is 12.4 Å². The fraction of sp³-hybridized carbons (Fsp3) is 0.188. The standard InChI is InChI=1S/C16H15BrN2O2/c17-12-3-1-2-10(8-12)15(18)11-4-5-14-13(9-11)16(20)19-6-7-21-14/h1-5,8-9,15H,6-7,18H2,(H,19,20). The Labute approximate surface area is 131 Å². The fourth-order valence-electron chi connectivity index (χ4n) is 2.36. The lowest BCUT2D eigenvalue weighted by Crippen LogP contribution is -2.24. The van der Waals surface area contributed by atoms with Crippen LogP contribution in [0.15, 0.2) is 46.9 Å². The highest BCUT2D eigenvalue weighted by atomic mass is 79.9. The molecular weight excluding hydrogens is 332 g/mol. The molecule has 0 bridgehead atoms. The van der Waals surface area contributed by atoms with E-state index in [1.54, 1.807) is 0 Å². The van der Waals surface area contributed by atoms with Crippen LogP contribution in [0.3, 0.4) is 0 Å². The molecule has 1 aliphatic heterocycles. The van der Waals surface area contributed by atoms with Crippen LogP contribution >= 0.6 is 15.9 Å². The Morgan fingerprint density at radius 1 is 1.19 bits per heavy atom. The third-order valence-corrected chi connectivity index (χ3v) is 3.95. The molecule has 0 aromatic heterocycles. The molecule has 0 radical (unpaired) electrons. The van der Waals surface area contributed by atoms with Crippen LogP contribution in [-0.2, 0) is 0 Å². The highest BCUT2D eigenvalue weighted by molar-refractivity contribution is 9.10. The maximum atomic E-state index is 12.0. The van der Waals surface area contributed by atoms with Crippen molar-refractivity contribution in [2.24, 2.45) is 5.73 Å². The average Bonchev–Trinajstić information content (AvgIpc) is 2.68. The van der Waals surface area contributed by atoms with Crippen molar-refractivity contribution in [1.29, 1.82) is 0 Å². The summed E-state index contributed by atoms with van der Waals surface area (Å²) in [5, 5.41) is 2.80. The van der Waals surface area contributed by atoms with Gasteiger partial charge in [-0.05, 0) is 35.4 Å². The molecule has 3 rings (SSSR count). The minimum absolute atomic E-state index is 0.120. The van der Waals surface area contributed by atoms with E-state index in [1.807, 2.05) is 42.5 Å². The monoisotopic (exact) mass is 346 g/mol. The van der Waals surface area contributed by atoms with Crippen LogP contribution in [0.5, 0.6) is 5.75 Å². The zero-order valence-electron chi connectivity index (χ0n) is 11.3. The number of benzene rings is 2. The minimum atomic E-state index is -0.288. The van der Waals surface area contributed by atoms with Crippen molar-refractivity contribution in [2.75, 3.05) is 13.2 Å². The van der Waals surface area contributed by atoms with Gasteiger partial charge in [0, 0.05) is 4.47 Å². The molecule has 21 heavy (non-hydrogen) atoms. The maximum absolute atomic E-state index is 12.0. The number of amides is 1. The molecule has 1 amide bonds. The van der Waals surface area contributed by atoms with Crippen molar-refractivity contribution >= 4 is 21.8 Å². The first-order chi connectivity index (χ1) is 10.1. The molecule has 1 atom stereocenters. The predicted molar refractivity (Wildman–Crippen MR) is 84.4 cm³/mol. The van der Waals surface area contributed by atoms with Gasteiger partial charge < -0.3 is 15.8 Å². The van der Waals surface area contributed by atoms with Crippen LogP contribution < -0.4 is 15.8 Å². The van der Waals surface area contributed by atoms with Crippen LogP contribution in [-0.4, -0.2) is 19.1 Å². The zero-order chi connectivity index (χ0) is 14.8. The SMILES string of the molecule is NC(c1cccc(Br)c1)c1ccc2c(c1)C(=O)NCCO2. The van der Waals surface area contributed by atoms with Gasteiger partial charge in [0.05, 0.1) is 18.2 Å². The Morgan fingerprint density at radius 2 is 2.00 bits per heavy atom. The Bertz CT molecular complexity index is 688. The lowest BCUT2D eigenvalue weighted by Gasteiger charge is -2.15. The van der Waals surface area contributed by atoms with Gasteiger partial charge in [0.15, 0.2) is 0 Å². The molecule has 2 aromatic rings. The molecular formula is C16H15BrN2O2. The van der Waals surface area contributed by atoms with Gasteiger partial charge in [-0.2, -0.15) is 0 Å². The number of carbonyl (C=O) groups is 1. The molecule has 0 aliphatic carbocycles. The second kappa shape index (κ2) is 5.87. The number of halogens is 1. The van der Waals surface area contributed by atoms with Crippen molar-refractivity contribution < 1.29 is 9.53 Å². The number of rotatable bonds is 2. The highest BCUT2D eigenvalue weighted by Crippen LogP contribution is 2.28. The largest absolute Gasteiger partial charge is 0.491 e. The van der Waals surface area contributed by atoms with Crippen LogP contribution in [0.4, 0.5) is 0 Å². The van der Waals surface area contributed by atoms with Gasteiger partial charge in [-0.25, -0.2) is 0 Å². The summed E-state index contributed by atoms with van der Waals surface area (Å²) >= 11 is 3.44. The number of carbonyl (C=O) groups excluding carboxylic acids is 1. The van der Waals surface area contributed by atoms with Crippen molar-refractivity contribution in [3.05, 3.63) is 63.6 Å². The number of fused-ring (bicyclic) bond motifs is 1. The number of hydrogen-bond acceptors (Lipinski definition) is 3. The molecule has 0 fully saturated rings. The molecule has 4 nitrogen and oxygen atoms in total. The van der Waals surface area contributed by atoms with Gasteiger partial charge in [0.2, 0.25) is 0 Å². The quantitative estimate of drug-likeness (QED) is 0.878. The normalized spacial score (nSPS) is 15.4. The Kier molecular flexibility index (Phi) is 3.94. The zero-order valence-corrected chi connectivity index (χ0v) is 12.9. The van der Waals surface area contributed by atoms with Gasteiger partial charge in [-0.1, -0.05) is 34.1 Å². The summed E-state index contributed by atoms with van der Waals surface area (Å²) in [6.07, 6.45) is 0.